The standard InChI is InChI=1S/C32H31ClN8OS/c1-3-40(2)29(18-34)32(42,23-11-9-21(10-12-23)19-35-20-26-8-5-15-43-26)24-13-14-28-27(17-24)30(22-6-4-7-25(33)16-22)36-31-37-38-39-41(28)31/h3-18,35,38-39,42H,1,19-20,34H2,2H3/b29-18-. The first kappa shape index (κ1) is 28.7. The Bertz CT molecular complexity index is 1730. The summed E-state index contributed by atoms with van der Waals surface area (Å²) in [5.74, 6) is 0.461. The first-order valence-electron chi connectivity index (χ1n) is 13.6. The Morgan fingerprint density at radius 1 is 1.12 bits per heavy atom. The van der Waals surface area contributed by atoms with E-state index in [4.69, 9.17) is 22.3 Å². The monoisotopic (exact) mass is 610 g/mol. The fraction of sp³-hybridized carbons (Fsp3) is 0.125. The highest BCUT2D eigenvalue weighted by Gasteiger charge is 2.40. The number of nitrogens with one attached hydrogen (secondary N) is 3. The van der Waals surface area contributed by atoms with E-state index in [0.29, 0.717) is 40.1 Å². The molecule has 0 aliphatic carbocycles. The van der Waals surface area contributed by atoms with Crippen LogP contribution in [0, 0.1) is 0 Å². The third kappa shape index (κ3) is 5.42. The van der Waals surface area contributed by atoms with E-state index in [1.165, 1.54) is 11.1 Å². The van der Waals surface area contributed by atoms with Gasteiger partial charge in [0.2, 0.25) is 0 Å². The summed E-state index contributed by atoms with van der Waals surface area (Å²) in [5.41, 5.74) is 16.2. The van der Waals surface area contributed by atoms with Gasteiger partial charge in [-0.05, 0) is 58.6 Å². The second kappa shape index (κ2) is 12.0. The van der Waals surface area contributed by atoms with Gasteiger partial charge in [0.15, 0.2) is 5.60 Å². The number of aliphatic hydroxyl groups is 1. The molecule has 2 aliphatic heterocycles. The number of guanidine groups is 1. The molecule has 43 heavy (non-hydrogen) atoms. The minimum Gasteiger partial charge on any atom is -0.403 e. The summed E-state index contributed by atoms with van der Waals surface area (Å²) >= 11 is 8.10. The van der Waals surface area contributed by atoms with Gasteiger partial charge in [0, 0.05) is 47.4 Å². The molecule has 1 aromatic heterocycles. The van der Waals surface area contributed by atoms with Gasteiger partial charge in [0.25, 0.3) is 5.96 Å². The topological polar surface area (TPSA) is 114 Å². The van der Waals surface area contributed by atoms with Crippen molar-refractivity contribution >= 4 is 40.3 Å². The fourth-order valence-corrected chi connectivity index (χ4v) is 6.16. The number of thiophene rings is 1. The van der Waals surface area contributed by atoms with Gasteiger partial charge in [-0.15, -0.1) is 22.0 Å². The van der Waals surface area contributed by atoms with Crippen LogP contribution in [0.25, 0.3) is 0 Å². The smallest absolute Gasteiger partial charge is 0.265 e. The lowest BCUT2D eigenvalue weighted by atomic mass is 9.81. The summed E-state index contributed by atoms with van der Waals surface area (Å²) in [7, 11) is 1.80. The summed E-state index contributed by atoms with van der Waals surface area (Å²) in [6, 6.07) is 25.3. The number of hydrazone groups is 1. The molecule has 3 aromatic carbocycles. The lowest BCUT2D eigenvalue weighted by Crippen LogP contribution is -2.44. The number of hydrogen-bond acceptors (Lipinski definition) is 10. The summed E-state index contributed by atoms with van der Waals surface area (Å²) in [6.07, 6.45) is 3.03. The molecule has 0 fully saturated rings. The number of nitrogens with two attached hydrogens (primary N) is 1. The maximum atomic E-state index is 12.7. The van der Waals surface area contributed by atoms with Gasteiger partial charge in [-0.1, -0.05) is 66.7 Å². The quantitative estimate of drug-likeness (QED) is 0.176. The minimum atomic E-state index is -1.62. The number of benzene rings is 3. The van der Waals surface area contributed by atoms with E-state index < -0.39 is 5.60 Å². The first-order chi connectivity index (χ1) is 20.9. The van der Waals surface area contributed by atoms with Crippen molar-refractivity contribution in [3.05, 3.63) is 147 Å². The molecular weight excluding hydrogens is 580 g/mol. The molecule has 11 heteroatoms. The average molecular weight is 611 g/mol. The van der Waals surface area contributed by atoms with Crippen molar-refractivity contribution in [2.75, 3.05) is 12.1 Å². The minimum absolute atomic E-state index is 0.450. The Balaban J connectivity index is 1.42. The highest BCUT2D eigenvalue weighted by Crippen LogP contribution is 2.41. The van der Waals surface area contributed by atoms with Crippen molar-refractivity contribution < 1.29 is 5.11 Å². The number of aliphatic imine (C=N–C) groups is 1. The number of rotatable bonds is 10. The Kier molecular flexibility index (Phi) is 8.02. The molecule has 6 N–H and O–H groups in total. The molecule has 0 spiro atoms. The predicted molar refractivity (Wildman–Crippen MR) is 174 cm³/mol. The van der Waals surface area contributed by atoms with E-state index in [1.54, 1.807) is 34.5 Å². The van der Waals surface area contributed by atoms with Gasteiger partial charge in [0.1, 0.15) is 0 Å². The number of nitrogens with zero attached hydrogens (tertiary/aromatic N) is 4. The van der Waals surface area contributed by atoms with E-state index in [0.717, 1.165) is 28.9 Å². The lowest BCUT2D eigenvalue weighted by Gasteiger charge is -2.37. The fourth-order valence-electron chi connectivity index (χ4n) is 5.29. The molecule has 1 atom stereocenters. The molecule has 3 heterocycles. The Labute approximate surface area is 259 Å². The largest absolute Gasteiger partial charge is 0.403 e. The predicted octanol–water partition coefficient (Wildman–Crippen LogP) is 4.75. The molecular formula is C32H31ClN8OS. The normalized spacial score (nSPS) is 15.5. The first-order valence-corrected chi connectivity index (χ1v) is 14.9. The van der Waals surface area contributed by atoms with E-state index in [2.05, 4.69) is 45.6 Å². The van der Waals surface area contributed by atoms with Crippen LogP contribution in [0.5, 0.6) is 0 Å². The molecule has 4 aromatic rings. The zero-order valence-corrected chi connectivity index (χ0v) is 25.0. The van der Waals surface area contributed by atoms with Crippen molar-refractivity contribution in [1.82, 2.24) is 21.3 Å². The third-order valence-corrected chi connectivity index (χ3v) is 8.61. The van der Waals surface area contributed by atoms with Gasteiger partial charge < -0.3 is 21.1 Å². The van der Waals surface area contributed by atoms with Crippen molar-refractivity contribution in [3.63, 3.8) is 0 Å². The summed E-state index contributed by atoms with van der Waals surface area (Å²) in [4.78, 5) is 7.82. The van der Waals surface area contributed by atoms with Crippen molar-refractivity contribution in [1.29, 1.82) is 0 Å². The highest BCUT2D eigenvalue weighted by atomic mass is 35.5. The number of fused-ring (bicyclic) bond motifs is 3. The Morgan fingerprint density at radius 3 is 2.65 bits per heavy atom. The van der Waals surface area contributed by atoms with Crippen LogP contribution in [0.1, 0.15) is 32.7 Å². The molecule has 9 nitrogen and oxygen atoms in total. The van der Waals surface area contributed by atoms with E-state index >= 15 is 0 Å². The van der Waals surface area contributed by atoms with Gasteiger partial charge in [-0.3, -0.25) is 0 Å². The van der Waals surface area contributed by atoms with Crippen LogP contribution < -0.4 is 27.1 Å². The van der Waals surface area contributed by atoms with Crippen LogP contribution in [0.2, 0.25) is 5.02 Å². The van der Waals surface area contributed by atoms with Crippen molar-refractivity contribution in [2.24, 2.45) is 15.8 Å². The van der Waals surface area contributed by atoms with E-state index in [9.17, 15) is 5.11 Å². The van der Waals surface area contributed by atoms with Crippen LogP contribution >= 0.6 is 22.9 Å². The van der Waals surface area contributed by atoms with Crippen LogP contribution in [0.15, 0.2) is 119 Å². The molecule has 218 valence electrons. The summed E-state index contributed by atoms with van der Waals surface area (Å²) < 4.78 is 0. The molecule has 1 unspecified atom stereocenters. The van der Waals surface area contributed by atoms with Crippen LogP contribution in [0.3, 0.4) is 0 Å². The second-order valence-corrected chi connectivity index (χ2v) is 11.6. The second-order valence-electron chi connectivity index (χ2n) is 10.1. The number of hydrogen-bond donors (Lipinski definition) is 5. The number of anilines is 1. The molecule has 0 saturated heterocycles. The molecule has 0 saturated carbocycles. The van der Waals surface area contributed by atoms with Crippen molar-refractivity contribution in [2.45, 2.75) is 18.7 Å². The van der Waals surface area contributed by atoms with E-state index in [-0.39, 0.29) is 0 Å². The van der Waals surface area contributed by atoms with Crippen LogP contribution in [-0.4, -0.2) is 28.7 Å². The lowest BCUT2D eigenvalue weighted by molar-refractivity contribution is 0.0967. The van der Waals surface area contributed by atoms with Gasteiger partial charge in [-0.25, -0.2) is 15.5 Å². The summed E-state index contributed by atoms with van der Waals surface area (Å²) in [5, 5.41) is 24.9. The molecule has 0 amide bonds. The van der Waals surface area contributed by atoms with Crippen LogP contribution in [0.4, 0.5) is 5.69 Å². The molecule has 2 aliphatic rings. The zero-order valence-electron chi connectivity index (χ0n) is 23.5. The Hall–Kier alpha value is -4.45. The molecule has 0 bridgehead atoms. The number of halogens is 1. The molecule has 6 rings (SSSR count). The highest BCUT2D eigenvalue weighted by molar-refractivity contribution is 7.09. The Morgan fingerprint density at radius 2 is 1.93 bits per heavy atom. The van der Waals surface area contributed by atoms with E-state index in [1.807, 2.05) is 66.7 Å². The maximum absolute atomic E-state index is 12.7. The third-order valence-electron chi connectivity index (χ3n) is 7.50. The van der Waals surface area contributed by atoms with Crippen LogP contribution in [-0.2, 0) is 18.7 Å². The van der Waals surface area contributed by atoms with Gasteiger partial charge in [0.05, 0.1) is 17.1 Å². The molecule has 0 radical (unpaired) electrons. The number of likely N-dealkylation sites (N-methyl/N-ethyl adjacent to an activating group) is 1. The van der Waals surface area contributed by atoms with Crippen molar-refractivity contribution in [3.8, 4) is 0 Å². The number of hydrazine groups is 2. The van der Waals surface area contributed by atoms with Gasteiger partial charge >= 0.3 is 0 Å². The zero-order chi connectivity index (χ0) is 30.0. The van der Waals surface area contributed by atoms with Gasteiger partial charge in [-0.2, -0.15) is 0 Å². The summed E-state index contributed by atoms with van der Waals surface area (Å²) in [6.45, 7) is 5.40. The maximum Gasteiger partial charge on any atom is 0.265 e. The SMILES string of the molecule is C=CN(C)/C(=C\N)C(O)(c1ccc(CNCc2cccs2)cc1)c1ccc2c(c1)C(c1cccc(Cl)c1)=NC1=NNNN12. The average Bonchev–Trinajstić information content (AvgIpc) is 3.73.